The van der Waals surface area contributed by atoms with Gasteiger partial charge in [0, 0.05) is 48.2 Å². The van der Waals surface area contributed by atoms with Gasteiger partial charge in [0.05, 0.1) is 6.20 Å². The largest absolute Gasteiger partial charge is 0.506 e. The molecule has 8 heteroatoms. The molecule has 1 aliphatic heterocycles. The monoisotopic (exact) mass is 379 g/mol. The smallest absolute Gasteiger partial charge is 0.151 e. The highest BCUT2D eigenvalue weighted by Gasteiger charge is 2.26. The first-order chi connectivity index (χ1) is 13.4. The van der Waals surface area contributed by atoms with Crippen LogP contribution in [-0.4, -0.2) is 55.2 Å². The van der Waals surface area contributed by atoms with Gasteiger partial charge < -0.3 is 15.3 Å². The fourth-order valence-corrected chi connectivity index (χ4v) is 3.54. The van der Waals surface area contributed by atoms with E-state index in [2.05, 4.69) is 56.4 Å². The van der Waals surface area contributed by atoms with Crippen molar-refractivity contribution in [1.29, 1.82) is 0 Å². The first-order valence-corrected chi connectivity index (χ1v) is 9.44. The van der Waals surface area contributed by atoms with E-state index < -0.39 is 0 Å². The van der Waals surface area contributed by atoms with Crippen LogP contribution < -0.4 is 10.2 Å². The van der Waals surface area contributed by atoms with Crippen LogP contribution in [0.4, 0.5) is 5.82 Å². The van der Waals surface area contributed by atoms with Gasteiger partial charge in [0.15, 0.2) is 5.82 Å². The molecule has 4 heterocycles. The number of hydrogen-bond donors (Lipinski definition) is 3. The molecule has 3 aromatic heterocycles. The van der Waals surface area contributed by atoms with Crippen LogP contribution in [-0.2, 0) is 0 Å². The lowest BCUT2D eigenvalue weighted by molar-refractivity contribution is 0.373. The fourth-order valence-electron chi connectivity index (χ4n) is 3.54. The zero-order valence-corrected chi connectivity index (χ0v) is 16.3. The summed E-state index contributed by atoms with van der Waals surface area (Å²) in [5, 5.41) is 29.4. The Balaban J connectivity index is 1.48. The van der Waals surface area contributed by atoms with E-state index in [1.165, 1.54) is 0 Å². The van der Waals surface area contributed by atoms with Crippen molar-refractivity contribution >= 4 is 5.82 Å². The zero-order chi connectivity index (χ0) is 19.7. The summed E-state index contributed by atoms with van der Waals surface area (Å²) < 4.78 is 0. The number of nitrogens with one attached hydrogen (secondary N) is 2. The Morgan fingerprint density at radius 3 is 2.68 bits per heavy atom. The maximum Gasteiger partial charge on any atom is 0.151 e. The Morgan fingerprint density at radius 2 is 2.04 bits per heavy atom. The lowest BCUT2D eigenvalue weighted by Gasteiger charge is -2.26. The molecular weight excluding hydrogens is 354 g/mol. The molecular formula is C20H25N7O. The summed E-state index contributed by atoms with van der Waals surface area (Å²) in [5.41, 5.74) is 2.71. The molecule has 146 valence electrons. The molecule has 0 bridgehead atoms. The molecule has 0 radical (unpaired) electrons. The predicted octanol–water partition coefficient (Wildman–Crippen LogP) is 2.60. The van der Waals surface area contributed by atoms with E-state index in [0.717, 1.165) is 36.5 Å². The van der Waals surface area contributed by atoms with Gasteiger partial charge in [-0.3, -0.25) is 5.10 Å². The van der Waals surface area contributed by atoms with Gasteiger partial charge in [0.25, 0.3) is 0 Å². The maximum atomic E-state index is 10.4. The number of rotatable bonds is 4. The van der Waals surface area contributed by atoms with Gasteiger partial charge in [-0.2, -0.15) is 5.10 Å². The standard InChI is InChI=1S/C20H25N7O/c1-20(2,3)24-15-6-7-27(12-15)18-5-4-16(25-26-18)19-17(28)8-13(9-21-19)14-10-22-23-11-14/h4-5,8-11,15,24,28H,6-7,12H2,1-3H3,(H,22,23)/t15-/m1/s1. The number of aromatic amines is 1. The van der Waals surface area contributed by atoms with Crippen LogP contribution in [0.2, 0.25) is 0 Å². The van der Waals surface area contributed by atoms with Crippen molar-refractivity contribution in [3.63, 3.8) is 0 Å². The number of hydrogen-bond acceptors (Lipinski definition) is 7. The van der Waals surface area contributed by atoms with Crippen LogP contribution in [0.25, 0.3) is 22.5 Å². The van der Waals surface area contributed by atoms with Gasteiger partial charge in [-0.25, -0.2) is 4.98 Å². The van der Waals surface area contributed by atoms with Crippen molar-refractivity contribution in [1.82, 2.24) is 30.7 Å². The third-order valence-corrected chi connectivity index (χ3v) is 4.74. The van der Waals surface area contributed by atoms with Crippen LogP contribution in [0.5, 0.6) is 5.75 Å². The first kappa shape index (κ1) is 18.4. The van der Waals surface area contributed by atoms with E-state index >= 15 is 0 Å². The molecule has 3 aromatic rings. The molecule has 1 aliphatic rings. The highest BCUT2D eigenvalue weighted by Crippen LogP contribution is 2.30. The van der Waals surface area contributed by atoms with E-state index in [1.807, 2.05) is 12.1 Å². The topological polar surface area (TPSA) is 103 Å². The Kier molecular flexibility index (Phi) is 4.72. The molecule has 0 aliphatic carbocycles. The Labute approximate surface area is 164 Å². The first-order valence-electron chi connectivity index (χ1n) is 9.44. The molecule has 1 atom stereocenters. The normalized spacial score (nSPS) is 17.2. The summed E-state index contributed by atoms with van der Waals surface area (Å²) >= 11 is 0. The molecule has 28 heavy (non-hydrogen) atoms. The van der Waals surface area contributed by atoms with Gasteiger partial charge in [0.1, 0.15) is 17.1 Å². The molecule has 0 aromatic carbocycles. The maximum absolute atomic E-state index is 10.4. The minimum Gasteiger partial charge on any atom is -0.506 e. The molecule has 0 unspecified atom stereocenters. The van der Waals surface area contributed by atoms with E-state index in [9.17, 15) is 5.11 Å². The second-order valence-electron chi connectivity index (χ2n) is 8.18. The van der Waals surface area contributed by atoms with Crippen molar-refractivity contribution in [2.45, 2.75) is 38.8 Å². The Hall–Kier alpha value is -3.00. The van der Waals surface area contributed by atoms with Gasteiger partial charge in [0.2, 0.25) is 0 Å². The number of anilines is 1. The number of aromatic hydroxyl groups is 1. The highest BCUT2D eigenvalue weighted by molar-refractivity contribution is 5.69. The number of H-pyrrole nitrogens is 1. The van der Waals surface area contributed by atoms with E-state index in [0.29, 0.717) is 17.4 Å². The van der Waals surface area contributed by atoms with Crippen molar-refractivity contribution < 1.29 is 5.11 Å². The summed E-state index contributed by atoms with van der Waals surface area (Å²) in [5.74, 6) is 0.910. The Bertz CT molecular complexity index is 932. The number of pyridine rings is 1. The summed E-state index contributed by atoms with van der Waals surface area (Å²) in [4.78, 5) is 6.60. The molecule has 4 rings (SSSR count). The van der Waals surface area contributed by atoms with Gasteiger partial charge in [-0.05, 0) is 45.4 Å². The summed E-state index contributed by atoms with van der Waals surface area (Å²) in [6, 6.07) is 5.90. The van der Waals surface area contributed by atoms with Gasteiger partial charge in [-0.1, -0.05) is 0 Å². The van der Waals surface area contributed by atoms with E-state index in [-0.39, 0.29) is 11.3 Å². The average Bonchev–Trinajstić information content (AvgIpc) is 3.32. The second-order valence-corrected chi connectivity index (χ2v) is 8.18. The van der Waals surface area contributed by atoms with Crippen LogP contribution >= 0.6 is 0 Å². The third-order valence-electron chi connectivity index (χ3n) is 4.74. The van der Waals surface area contributed by atoms with Gasteiger partial charge in [-0.15, -0.1) is 10.2 Å². The minimum atomic E-state index is 0.0661. The summed E-state index contributed by atoms with van der Waals surface area (Å²) in [6.45, 7) is 8.41. The molecule has 1 fully saturated rings. The summed E-state index contributed by atoms with van der Waals surface area (Å²) in [7, 11) is 0. The molecule has 0 saturated carbocycles. The van der Waals surface area contributed by atoms with Crippen LogP contribution in [0.15, 0.2) is 36.8 Å². The predicted molar refractivity (Wildman–Crippen MR) is 108 cm³/mol. The number of nitrogens with zero attached hydrogens (tertiary/aromatic N) is 5. The van der Waals surface area contributed by atoms with Crippen LogP contribution in [0, 0.1) is 0 Å². The lowest BCUT2D eigenvalue weighted by Crippen LogP contribution is -2.45. The van der Waals surface area contributed by atoms with Gasteiger partial charge >= 0.3 is 0 Å². The van der Waals surface area contributed by atoms with Crippen LogP contribution in [0.1, 0.15) is 27.2 Å². The van der Waals surface area contributed by atoms with Crippen molar-refractivity contribution in [3.8, 4) is 28.3 Å². The molecule has 1 saturated heterocycles. The molecule has 0 spiro atoms. The minimum absolute atomic E-state index is 0.0661. The van der Waals surface area contributed by atoms with Crippen molar-refractivity contribution in [3.05, 3.63) is 36.8 Å². The number of aromatic nitrogens is 5. The second kappa shape index (κ2) is 7.20. The highest BCUT2D eigenvalue weighted by atomic mass is 16.3. The average molecular weight is 379 g/mol. The Morgan fingerprint density at radius 1 is 1.18 bits per heavy atom. The molecule has 0 amide bonds. The zero-order valence-electron chi connectivity index (χ0n) is 16.3. The molecule has 3 N–H and O–H groups in total. The van der Waals surface area contributed by atoms with Crippen LogP contribution in [0.3, 0.4) is 0 Å². The molecule has 8 nitrogen and oxygen atoms in total. The quantitative estimate of drug-likeness (QED) is 0.640. The van der Waals surface area contributed by atoms with Crippen molar-refractivity contribution in [2.24, 2.45) is 0 Å². The van der Waals surface area contributed by atoms with Crippen molar-refractivity contribution in [2.75, 3.05) is 18.0 Å². The third kappa shape index (κ3) is 3.96. The van der Waals surface area contributed by atoms with E-state index in [1.54, 1.807) is 24.7 Å². The SMILES string of the molecule is CC(C)(C)N[C@@H]1CCN(c2ccc(-c3ncc(-c4cn[nH]c4)cc3O)nn2)C1. The fraction of sp³-hybridized carbons (Fsp3) is 0.400. The van der Waals surface area contributed by atoms with E-state index in [4.69, 9.17) is 0 Å². The summed E-state index contributed by atoms with van der Waals surface area (Å²) in [6.07, 6.45) is 6.21. The lowest BCUT2D eigenvalue weighted by atomic mass is 10.1.